The van der Waals surface area contributed by atoms with Crippen LogP contribution in [-0.2, 0) is 0 Å². The zero-order valence-electron chi connectivity index (χ0n) is 8.81. The number of aromatic nitrogens is 1. The molecule has 1 aliphatic rings. The first-order valence-corrected chi connectivity index (χ1v) is 5.86. The van der Waals surface area contributed by atoms with E-state index in [-0.39, 0.29) is 5.54 Å². The van der Waals surface area contributed by atoms with Gasteiger partial charge in [0, 0.05) is 10.7 Å². The smallest absolute Gasteiger partial charge is 0.150 e. The van der Waals surface area contributed by atoms with Gasteiger partial charge in [0.05, 0.1) is 11.2 Å². The van der Waals surface area contributed by atoms with E-state index in [9.17, 15) is 0 Å². The van der Waals surface area contributed by atoms with Gasteiger partial charge in [-0.15, -0.1) is 0 Å². The highest BCUT2D eigenvalue weighted by atomic mass is 79.9. The van der Waals surface area contributed by atoms with Crippen molar-refractivity contribution in [3.63, 3.8) is 0 Å². The van der Waals surface area contributed by atoms with E-state index in [1.807, 2.05) is 20.8 Å². The Hall–Kier alpha value is -0.680. The number of nitrogens with zero attached hydrogens (tertiary/aromatic N) is 1. The van der Waals surface area contributed by atoms with E-state index < -0.39 is 0 Å². The summed E-state index contributed by atoms with van der Waals surface area (Å²) < 4.78 is 0.984. The summed E-state index contributed by atoms with van der Waals surface area (Å²) in [5, 5.41) is 6.55. The minimum Gasteiger partial charge on any atom is -0.357 e. The maximum absolute atomic E-state index is 5.30. The third kappa shape index (κ3) is 1.74. The Bertz CT molecular complexity index is 443. The predicted molar refractivity (Wildman–Crippen MR) is 70.6 cm³/mol. The van der Waals surface area contributed by atoms with Crippen molar-refractivity contribution in [2.24, 2.45) is 0 Å². The summed E-state index contributed by atoms with van der Waals surface area (Å²) in [6.07, 6.45) is 1.80. The Balaban J connectivity index is 2.55. The molecule has 1 aliphatic heterocycles. The maximum Gasteiger partial charge on any atom is 0.150 e. The van der Waals surface area contributed by atoms with E-state index in [2.05, 4.69) is 31.5 Å². The van der Waals surface area contributed by atoms with Crippen LogP contribution in [0.3, 0.4) is 0 Å². The first-order chi connectivity index (χ1) is 6.92. The van der Waals surface area contributed by atoms with E-state index in [0.29, 0.717) is 0 Å². The van der Waals surface area contributed by atoms with Gasteiger partial charge in [-0.05, 0) is 42.3 Å². The number of nitrogens with one attached hydrogen (secondary N) is 2. The van der Waals surface area contributed by atoms with Crippen LogP contribution < -0.4 is 10.6 Å². The van der Waals surface area contributed by atoms with Crippen LogP contribution in [0.1, 0.15) is 19.4 Å². The Morgan fingerprint density at radius 2 is 2.13 bits per heavy atom. The molecule has 0 saturated heterocycles. The molecule has 3 nitrogen and oxygen atoms in total. The van der Waals surface area contributed by atoms with Gasteiger partial charge in [0.1, 0.15) is 4.99 Å². The number of rotatable bonds is 0. The average molecular weight is 286 g/mol. The molecule has 0 aromatic carbocycles. The number of pyridine rings is 1. The minimum absolute atomic E-state index is 0.240. The highest BCUT2D eigenvalue weighted by molar-refractivity contribution is 9.10. The molecule has 0 unspecified atom stereocenters. The molecule has 1 aromatic rings. The second kappa shape index (κ2) is 3.42. The Kier molecular flexibility index (Phi) is 2.47. The summed E-state index contributed by atoms with van der Waals surface area (Å²) in [6.45, 7) is 6.09. The molecule has 0 bridgehead atoms. The Morgan fingerprint density at radius 3 is 2.80 bits per heavy atom. The van der Waals surface area contributed by atoms with Crippen molar-refractivity contribution < 1.29 is 0 Å². The highest BCUT2D eigenvalue weighted by Crippen LogP contribution is 2.35. The maximum atomic E-state index is 5.30. The molecule has 15 heavy (non-hydrogen) atoms. The molecule has 80 valence electrons. The Morgan fingerprint density at radius 1 is 1.47 bits per heavy atom. The van der Waals surface area contributed by atoms with Crippen LogP contribution in [0.15, 0.2) is 10.7 Å². The fraction of sp³-hybridized carbons (Fsp3) is 0.400. The number of anilines is 2. The second-order valence-corrected chi connectivity index (χ2v) is 5.42. The van der Waals surface area contributed by atoms with Crippen molar-refractivity contribution >= 4 is 44.6 Å². The van der Waals surface area contributed by atoms with Gasteiger partial charge < -0.3 is 10.6 Å². The molecule has 5 heteroatoms. The predicted octanol–water partition coefficient (Wildman–Crippen LogP) is 3.10. The molecule has 2 heterocycles. The van der Waals surface area contributed by atoms with Gasteiger partial charge in [0.25, 0.3) is 0 Å². The van der Waals surface area contributed by atoms with Crippen molar-refractivity contribution in [1.29, 1.82) is 0 Å². The van der Waals surface area contributed by atoms with Crippen molar-refractivity contribution in [2.75, 3.05) is 10.6 Å². The van der Waals surface area contributed by atoms with Gasteiger partial charge in [-0.1, -0.05) is 12.2 Å². The molecular weight excluding hydrogens is 274 g/mol. The molecule has 0 radical (unpaired) electrons. The van der Waals surface area contributed by atoms with Crippen LogP contribution in [0.25, 0.3) is 0 Å². The Labute approximate surface area is 103 Å². The summed E-state index contributed by atoms with van der Waals surface area (Å²) in [5.41, 5.74) is 1.84. The van der Waals surface area contributed by atoms with Crippen LogP contribution >= 0.6 is 28.1 Å². The molecule has 0 spiro atoms. The van der Waals surface area contributed by atoms with Gasteiger partial charge in [0.15, 0.2) is 5.82 Å². The molecule has 2 N–H and O–H groups in total. The molecule has 0 aliphatic carbocycles. The summed E-state index contributed by atoms with van der Waals surface area (Å²) in [5.74, 6) is 0.856. The lowest BCUT2D eigenvalue weighted by Gasteiger charge is -2.35. The van der Waals surface area contributed by atoms with Gasteiger partial charge >= 0.3 is 0 Å². The van der Waals surface area contributed by atoms with Crippen molar-refractivity contribution in [3.8, 4) is 0 Å². The fourth-order valence-electron chi connectivity index (χ4n) is 1.45. The van der Waals surface area contributed by atoms with Crippen LogP contribution in [0.5, 0.6) is 0 Å². The quantitative estimate of drug-likeness (QED) is 0.719. The molecule has 2 rings (SSSR count). The van der Waals surface area contributed by atoms with Crippen LogP contribution in [0.4, 0.5) is 11.5 Å². The molecule has 0 atom stereocenters. The first kappa shape index (κ1) is 10.8. The minimum atomic E-state index is -0.240. The van der Waals surface area contributed by atoms with Gasteiger partial charge in [-0.2, -0.15) is 0 Å². The molecule has 0 amide bonds. The van der Waals surface area contributed by atoms with Gasteiger partial charge in [-0.25, -0.2) is 4.98 Å². The lowest BCUT2D eigenvalue weighted by atomic mass is 10.0. The SMILES string of the molecule is Cc1c(Br)cnc2c1NC(=S)C(C)(C)N2. The lowest BCUT2D eigenvalue weighted by molar-refractivity contribution is 0.754. The normalized spacial score (nSPS) is 17.7. The monoisotopic (exact) mass is 285 g/mol. The van der Waals surface area contributed by atoms with Crippen molar-refractivity contribution in [1.82, 2.24) is 4.98 Å². The van der Waals surface area contributed by atoms with E-state index in [1.54, 1.807) is 6.20 Å². The van der Waals surface area contributed by atoms with Gasteiger partial charge in [-0.3, -0.25) is 0 Å². The summed E-state index contributed by atoms with van der Waals surface area (Å²) in [6, 6.07) is 0. The van der Waals surface area contributed by atoms with E-state index in [4.69, 9.17) is 12.2 Å². The van der Waals surface area contributed by atoms with Crippen molar-refractivity contribution in [3.05, 3.63) is 16.2 Å². The van der Waals surface area contributed by atoms with E-state index in [0.717, 1.165) is 26.5 Å². The summed E-state index contributed by atoms with van der Waals surface area (Å²) >= 11 is 8.75. The third-order valence-corrected chi connectivity index (χ3v) is 3.93. The van der Waals surface area contributed by atoms with Crippen LogP contribution in [0.2, 0.25) is 0 Å². The van der Waals surface area contributed by atoms with Crippen LogP contribution in [-0.4, -0.2) is 15.5 Å². The number of halogens is 1. The zero-order valence-corrected chi connectivity index (χ0v) is 11.2. The number of thiocarbonyl (C=S) groups is 1. The topological polar surface area (TPSA) is 37.0 Å². The fourth-order valence-corrected chi connectivity index (χ4v) is 1.90. The number of hydrogen-bond donors (Lipinski definition) is 2. The standard InChI is InChI=1S/C10H12BrN3S/c1-5-6(11)4-12-8-7(5)13-9(15)10(2,3)14-8/h4H,1-3H3,(H,12,14)(H,13,15). The van der Waals surface area contributed by atoms with E-state index >= 15 is 0 Å². The third-order valence-electron chi connectivity index (χ3n) is 2.51. The van der Waals surface area contributed by atoms with E-state index in [1.165, 1.54) is 0 Å². The van der Waals surface area contributed by atoms with Gasteiger partial charge in [0.2, 0.25) is 0 Å². The number of fused-ring (bicyclic) bond motifs is 1. The average Bonchev–Trinajstić information content (AvgIpc) is 2.15. The zero-order chi connectivity index (χ0) is 11.2. The molecular formula is C10H12BrN3S. The summed E-state index contributed by atoms with van der Waals surface area (Å²) in [7, 11) is 0. The van der Waals surface area contributed by atoms with Crippen LogP contribution in [0, 0.1) is 6.92 Å². The van der Waals surface area contributed by atoms with Crippen molar-refractivity contribution in [2.45, 2.75) is 26.3 Å². The molecule has 0 saturated carbocycles. The largest absolute Gasteiger partial charge is 0.357 e. The summed E-state index contributed by atoms with van der Waals surface area (Å²) in [4.78, 5) is 5.12. The molecule has 0 fully saturated rings. The lowest BCUT2D eigenvalue weighted by Crippen LogP contribution is -2.47. The highest BCUT2D eigenvalue weighted by Gasteiger charge is 2.31. The second-order valence-electron chi connectivity index (χ2n) is 4.16. The molecule has 1 aromatic heterocycles. The first-order valence-electron chi connectivity index (χ1n) is 4.66. The number of hydrogen-bond acceptors (Lipinski definition) is 3.